The first-order chi connectivity index (χ1) is 8.97. The van der Waals surface area contributed by atoms with Crippen LogP contribution < -0.4 is 0 Å². The van der Waals surface area contributed by atoms with Crippen LogP contribution in [0.3, 0.4) is 0 Å². The van der Waals surface area contributed by atoms with Crippen LogP contribution in [0.1, 0.15) is 46.5 Å². The van der Waals surface area contributed by atoms with Crippen LogP contribution in [-0.4, -0.2) is 41.5 Å². The summed E-state index contributed by atoms with van der Waals surface area (Å²) >= 11 is 0. The van der Waals surface area contributed by atoms with Gasteiger partial charge in [-0.2, -0.15) is 0 Å². The first kappa shape index (κ1) is 15.0. The number of Topliss-reactive ketones (excluding diaryl/α,β-unsaturated/α-hetero) is 1. The summed E-state index contributed by atoms with van der Waals surface area (Å²) in [5.41, 5.74) is 0. The van der Waals surface area contributed by atoms with Gasteiger partial charge in [-0.05, 0) is 50.5 Å². The van der Waals surface area contributed by atoms with Crippen molar-refractivity contribution in [3.05, 3.63) is 0 Å². The van der Waals surface area contributed by atoms with E-state index in [2.05, 4.69) is 18.7 Å². The molecule has 1 heterocycles. The number of rotatable bonds is 4. The molecule has 1 saturated carbocycles. The molecule has 2 aliphatic rings. The number of carbonyl (C=O) groups is 1. The predicted molar refractivity (Wildman–Crippen MR) is 76.9 cm³/mol. The lowest BCUT2D eigenvalue weighted by atomic mass is 9.75. The van der Waals surface area contributed by atoms with Gasteiger partial charge in [0.15, 0.2) is 0 Å². The zero-order chi connectivity index (χ0) is 14.0. The van der Waals surface area contributed by atoms with Gasteiger partial charge in [0.25, 0.3) is 0 Å². The lowest BCUT2D eigenvalue weighted by Crippen LogP contribution is -2.37. The zero-order valence-electron chi connectivity index (χ0n) is 12.6. The van der Waals surface area contributed by atoms with Gasteiger partial charge >= 0.3 is 0 Å². The smallest absolute Gasteiger partial charge is 0.137 e. The Morgan fingerprint density at radius 3 is 2.58 bits per heavy atom. The molecule has 1 aliphatic heterocycles. The normalized spacial score (nSPS) is 35.0. The fourth-order valence-electron chi connectivity index (χ4n) is 3.66. The lowest BCUT2D eigenvalue weighted by molar-refractivity contribution is -0.126. The number of hydrogen-bond donors (Lipinski definition) is 1. The minimum absolute atomic E-state index is 0.213. The van der Waals surface area contributed by atoms with Crippen LogP contribution in [0.2, 0.25) is 0 Å². The first-order valence-electron chi connectivity index (χ1n) is 7.90. The van der Waals surface area contributed by atoms with E-state index >= 15 is 0 Å². The highest BCUT2D eigenvalue weighted by Gasteiger charge is 2.34. The number of nitrogens with zero attached hydrogens (tertiary/aromatic N) is 1. The van der Waals surface area contributed by atoms with Crippen molar-refractivity contribution in [3.63, 3.8) is 0 Å². The Hall–Kier alpha value is -0.410. The molecule has 3 heteroatoms. The van der Waals surface area contributed by atoms with Gasteiger partial charge in [-0.15, -0.1) is 0 Å². The van der Waals surface area contributed by atoms with E-state index in [1.807, 2.05) is 6.92 Å². The predicted octanol–water partition coefficient (Wildman–Crippen LogP) is 2.33. The van der Waals surface area contributed by atoms with Gasteiger partial charge in [-0.3, -0.25) is 4.79 Å². The molecule has 1 saturated heterocycles. The molecule has 0 radical (unpaired) electrons. The number of aliphatic hydroxyl groups excluding tert-OH is 1. The number of aliphatic hydroxyl groups is 1. The van der Waals surface area contributed by atoms with Crippen molar-refractivity contribution in [2.75, 3.05) is 19.6 Å². The number of hydrogen-bond acceptors (Lipinski definition) is 3. The molecular formula is C16H29NO2. The number of carbonyl (C=O) groups excluding carboxylic acids is 1. The highest BCUT2D eigenvalue weighted by Crippen LogP contribution is 2.33. The third-order valence-electron chi connectivity index (χ3n) is 5.22. The van der Waals surface area contributed by atoms with Crippen molar-refractivity contribution in [2.45, 2.75) is 52.6 Å². The summed E-state index contributed by atoms with van der Waals surface area (Å²) in [6.45, 7) is 9.37. The van der Waals surface area contributed by atoms with Crippen LogP contribution in [-0.2, 0) is 4.79 Å². The molecule has 0 aromatic heterocycles. The highest BCUT2D eigenvalue weighted by atomic mass is 16.3. The van der Waals surface area contributed by atoms with Crippen LogP contribution in [0.4, 0.5) is 0 Å². The summed E-state index contributed by atoms with van der Waals surface area (Å²) in [4.78, 5) is 14.5. The molecule has 2 rings (SSSR count). The van der Waals surface area contributed by atoms with Gasteiger partial charge in [0.2, 0.25) is 0 Å². The number of ketones is 1. The Labute approximate surface area is 117 Å². The monoisotopic (exact) mass is 267 g/mol. The summed E-state index contributed by atoms with van der Waals surface area (Å²) in [5, 5.41) is 9.65. The van der Waals surface area contributed by atoms with E-state index in [1.165, 1.54) is 0 Å². The average molecular weight is 267 g/mol. The minimum Gasteiger partial charge on any atom is -0.393 e. The van der Waals surface area contributed by atoms with Crippen molar-refractivity contribution in [1.29, 1.82) is 0 Å². The largest absolute Gasteiger partial charge is 0.393 e. The van der Waals surface area contributed by atoms with Crippen molar-refractivity contribution < 1.29 is 9.90 Å². The van der Waals surface area contributed by atoms with Crippen molar-refractivity contribution in [3.8, 4) is 0 Å². The van der Waals surface area contributed by atoms with E-state index in [0.717, 1.165) is 51.2 Å². The minimum atomic E-state index is -0.213. The Balaban J connectivity index is 1.86. The van der Waals surface area contributed by atoms with Crippen LogP contribution >= 0.6 is 0 Å². The highest BCUT2D eigenvalue weighted by molar-refractivity contribution is 5.82. The van der Waals surface area contributed by atoms with E-state index in [0.29, 0.717) is 17.6 Å². The van der Waals surface area contributed by atoms with Crippen LogP contribution in [0.5, 0.6) is 0 Å². The molecular weight excluding hydrogens is 238 g/mol. The maximum Gasteiger partial charge on any atom is 0.137 e. The van der Waals surface area contributed by atoms with E-state index < -0.39 is 0 Å². The summed E-state index contributed by atoms with van der Waals surface area (Å²) in [7, 11) is 0. The number of likely N-dealkylation sites (tertiary alicyclic amines) is 1. The molecule has 4 atom stereocenters. The molecule has 4 unspecified atom stereocenters. The molecule has 3 nitrogen and oxygen atoms in total. The Morgan fingerprint density at radius 1 is 1.26 bits per heavy atom. The molecule has 0 spiro atoms. The van der Waals surface area contributed by atoms with Gasteiger partial charge in [-0.1, -0.05) is 13.8 Å². The second kappa shape index (κ2) is 6.36. The molecule has 0 amide bonds. The second-order valence-electron chi connectivity index (χ2n) is 6.99. The molecule has 0 bridgehead atoms. The maximum atomic E-state index is 12.1. The van der Waals surface area contributed by atoms with Crippen molar-refractivity contribution in [1.82, 2.24) is 4.90 Å². The second-order valence-corrected chi connectivity index (χ2v) is 6.99. The van der Waals surface area contributed by atoms with Gasteiger partial charge in [0.05, 0.1) is 6.10 Å². The Bertz CT molecular complexity index is 314. The molecule has 1 aliphatic carbocycles. The molecule has 0 aromatic carbocycles. The van der Waals surface area contributed by atoms with E-state index in [9.17, 15) is 9.90 Å². The van der Waals surface area contributed by atoms with Crippen LogP contribution in [0.25, 0.3) is 0 Å². The molecule has 19 heavy (non-hydrogen) atoms. The fraction of sp³-hybridized carbons (Fsp3) is 0.938. The lowest BCUT2D eigenvalue weighted by Gasteiger charge is -2.33. The van der Waals surface area contributed by atoms with E-state index in [4.69, 9.17) is 0 Å². The molecule has 1 N–H and O–H groups in total. The first-order valence-corrected chi connectivity index (χ1v) is 7.90. The van der Waals surface area contributed by atoms with E-state index in [-0.39, 0.29) is 12.0 Å². The fourth-order valence-corrected chi connectivity index (χ4v) is 3.66. The summed E-state index contributed by atoms with van der Waals surface area (Å²) in [6, 6.07) is 0. The zero-order valence-corrected chi connectivity index (χ0v) is 12.6. The standard InChI is InChI=1S/C16H29NO2/c1-11(2)13-4-5-16(19)15(8-13)10-17-7-6-14(9-17)12(3)18/h11-15,18H,4-10H2,1-3H3. The maximum absolute atomic E-state index is 12.1. The van der Waals surface area contributed by atoms with Gasteiger partial charge in [0.1, 0.15) is 5.78 Å². The third-order valence-corrected chi connectivity index (χ3v) is 5.22. The molecule has 2 fully saturated rings. The summed E-state index contributed by atoms with van der Waals surface area (Å²) in [6.07, 6.45) is 3.80. The Morgan fingerprint density at radius 2 is 2.00 bits per heavy atom. The van der Waals surface area contributed by atoms with Crippen molar-refractivity contribution in [2.24, 2.45) is 23.7 Å². The van der Waals surface area contributed by atoms with E-state index in [1.54, 1.807) is 0 Å². The van der Waals surface area contributed by atoms with Gasteiger partial charge in [0, 0.05) is 25.4 Å². The van der Waals surface area contributed by atoms with Crippen LogP contribution in [0, 0.1) is 23.7 Å². The quantitative estimate of drug-likeness (QED) is 0.850. The molecule has 110 valence electrons. The van der Waals surface area contributed by atoms with Crippen molar-refractivity contribution >= 4 is 5.78 Å². The third kappa shape index (κ3) is 3.79. The van der Waals surface area contributed by atoms with Gasteiger partial charge in [-0.25, -0.2) is 0 Å². The Kier molecular flexibility index (Phi) is 5.02. The van der Waals surface area contributed by atoms with Gasteiger partial charge < -0.3 is 10.0 Å². The summed E-state index contributed by atoms with van der Waals surface area (Å²) in [5.74, 6) is 2.53. The average Bonchev–Trinajstić information content (AvgIpc) is 2.80. The molecule has 0 aromatic rings. The topological polar surface area (TPSA) is 40.5 Å². The summed E-state index contributed by atoms with van der Waals surface area (Å²) < 4.78 is 0. The van der Waals surface area contributed by atoms with Crippen LogP contribution in [0.15, 0.2) is 0 Å². The SMILES string of the molecule is CC(C)C1CCC(=O)C(CN2CCC(C(C)O)C2)C1.